The highest BCUT2D eigenvalue weighted by Gasteiger charge is 2.18. The fourth-order valence-electron chi connectivity index (χ4n) is 1.79. The molecule has 0 fully saturated rings. The third kappa shape index (κ3) is 4.47. The van der Waals surface area contributed by atoms with E-state index >= 15 is 0 Å². The second-order valence-electron chi connectivity index (χ2n) is 4.28. The Kier molecular flexibility index (Phi) is 6.88. The highest BCUT2D eigenvalue weighted by molar-refractivity contribution is 6.34. The number of benzene rings is 1. The first kappa shape index (κ1) is 17.5. The fraction of sp³-hybridized carbons (Fsp3) is 0.400. The van der Waals surface area contributed by atoms with Crippen LogP contribution >= 0.6 is 0 Å². The number of rotatable bonds is 6. The normalized spacial score (nSPS) is 10.4. The lowest BCUT2D eigenvalue weighted by molar-refractivity contribution is -0.145. The van der Waals surface area contributed by atoms with Crippen molar-refractivity contribution in [3.8, 4) is 11.5 Å². The number of carbonyl (C=O) groups excluding carboxylic acids is 2. The number of nitrogens with one attached hydrogen (secondary N) is 1. The first-order valence-corrected chi connectivity index (χ1v) is 6.91. The van der Waals surface area contributed by atoms with Crippen LogP contribution in [0.4, 0.5) is 0 Å². The largest absolute Gasteiger partial charge is 0.497 e. The molecule has 7 nitrogen and oxygen atoms in total. The lowest BCUT2D eigenvalue weighted by Gasteiger charge is -2.16. The summed E-state index contributed by atoms with van der Waals surface area (Å²) in [6, 6.07) is 5.18. The van der Waals surface area contributed by atoms with Gasteiger partial charge in [-0.15, -0.1) is 0 Å². The van der Waals surface area contributed by atoms with E-state index < -0.39 is 11.8 Å². The second kappa shape index (κ2) is 8.66. The lowest BCUT2D eigenvalue weighted by atomic mass is 10.2. The molecule has 1 aromatic carbocycles. The minimum Gasteiger partial charge on any atom is -0.497 e. The standard InChI is InChI=1S/C15H21N3O4/c1-5-18(6-2)15(20)14(19)17-16-10-11-7-8-12(21-3)9-13(11)22-4/h7-10H,5-6H2,1-4H3,(H,17,19)/b16-10+. The summed E-state index contributed by atoms with van der Waals surface area (Å²) < 4.78 is 10.3. The molecule has 1 aromatic rings. The number of hydrogen-bond acceptors (Lipinski definition) is 5. The van der Waals surface area contributed by atoms with Crippen molar-refractivity contribution < 1.29 is 19.1 Å². The zero-order chi connectivity index (χ0) is 16.5. The van der Waals surface area contributed by atoms with E-state index in [1.165, 1.54) is 18.2 Å². The van der Waals surface area contributed by atoms with Crippen molar-refractivity contribution in [2.24, 2.45) is 5.10 Å². The van der Waals surface area contributed by atoms with E-state index in [0.717, 1.165) is 0 Å². The van der Waals surface area contributed by atoms with E-state index in [1.54, 1.807) is 39.2 Å². The molecule has 0 aliphatic carbocycles. The summed E-state index contributed by atoms with van der Waals surface area (Å²) in [6.45, 7) is 4.55. The minimum absolute atomic E-state index is 0.471. The molecule has 0 saturated heterocycles. The lowest BCUT2D eigenvalue weighted by Crippen LogP contribution is -2.41. The SMILES string of the molecule is CCN(CC)C(=O)C(=O)N/N=C/c1ccc(OC)cc1OC. The molecule has 7 heteroatoms. The topological polar surface area (TPSA) is 80.2 Å². The number of likely N-dealkylation sites (N-methyl/N-ethyl adjacent to an activating group) is 1. The fourth-order valence-corrected chi connectivity index (χ4v) is 1.79. The van der Waals surface area contributed by atoms with E-state index in [1.807, 2.05) is 0 Å². The maximum Gasteiger partial charge on any atom is 0.329 e. The van der Waals surface area contributed by atoms with Crippen molar-refractivity contribution in [3.05, 3.63) is 23.8 Å². The average Bonchev–Trinajstić information content (AvgIpc) is 2.55. The molecule has 1 rings (SSSR count). The number of nitrogens with zero attached hydrogens (tertiary/aromatic N) is 2. The van der Waals surface area contributed by atoms with Gasteiger partial charge in [0.25, 0.3) is 0 Å². The first-order chi connectivity index (χ1) is 10.6. The van der Waals surface area contributed by atoms with Crippen LogP contribution in [0.25, 0.3) is 0 Å². The van der Waals surface area contributed by atoms with Gasteiger partial charge in [0.05, 0.1) is 20.4 Å². The van der Waals surface area contributed by atoms with Gasteiger partial charge in [-0.25, -0.2) is 5.43 Å². The Balaban J connectivity index is 2.73. The number of hydrazone groups is 1. The first-order valence-electron chi connectivity index (χ1n) is 6.91. The van der Waals surface area contributed by atoms with Gasteiger partial charge in [0, 0.05) is 24.7 Å². The summed E-state index contributed by atoms with van der Waals surface area (Å²) >= 11 is 0. The van der Waals surface area contributed by atoms with Crippen LogP contribution in [0.1, 0.15) is 19.4 Å². The highest BCUT2D eigenvalue weighted by atomic mass is 16.5. The van der Waals surface area contributed by atoms with E-state index in [9.17, 15) is 9.59 Å². The number of methoxy groups -OCH3 is 2. The van der Waals surface area contributed by atoms with Gasteiger partial charge in [-0.2, -0.15) is 5.10 Å². The predicted molar refractivity (Wildman–Crippen MR) is 83.2 cm³/mol. The van der Waals surface area contributed by atoms with Crippen LogP contribution in [0.5, 0.6) is 11.5 Å². The molecule has 1 N–H and O–H groups in total. The third-order valence-electron chi connectivity index (χ3n) is 3.06. The van der Waals surface area contributed by atoms with Crippen LogP contribution in [0, 0.1) is 0 Å². The summed E-state index contributed by atoms with van der Waals surface area (Å²) in [5.74, 6) is -0.182. The number of ether oxygens (including phenoxy) is 2. The van der Waals surface area contributed by atoms with Gasteiger partial charge in [0.1, 0.15) is 11.5 Å². The Morgan fingerprint density at radius 1 is 1.23 bits per heavy atom. The van der Waals surface area contributed by atoms with Crippen molar-refractivity contribution in [2.75, 3.05) is 27.3 Å². The van der Waals surface area contributed by atoms with Gasteiger partial charge in [0.2, 0.25) is 0 Å². The van der Waals surface area contributed by atoms with Crippen molar-refractivity contribution >= 4 is 18.0 Å². The molecular weight excluding hydrogens is 286 g/mol. The molecule has 0 bridgehead atoms. The van der Waals surface area contributed by atoms with Crippen LogP contribution in [-0.2, 0) is 9.59 Å². The van der Waals surface area contributed by atoms with E-state index in [-0.39, 0.29) is 0 Å². The van der Waals surface area contributed by atoms with Crippen molar-refractivity contribution in [1.82, 2.24) is 10.3 Å². The summed E-state index contributed by atoms with van der Waals surface area (Å²) in [5.41, 5.74) is 2.86. The molecule has 0 unspecified atom stereocenters. The summed E-state index contributed by atoms with van der Waals surface area (Å²) in [5, 5.41) is 3.78. The molecular formula is C15H21N3O4. The van der Waals surface area contributed by atoms with Gasteiger partial charge < -0.3 is 14.4 Å². The van der Waals surface area contributed by atoms with Gasteiger partial charge in [0.15, 0.2) is 0 Å². The summed E-state index contributed by atoms with van der Waals surface area (Å²) in [7, 11) is 3.08. The van der Waals surface area contributed by atoms with Gasteiger partial charge >= 0.3 is 11.8 Å². The monoisotopic (exact) mass is 307 g/mol. The Morgan fingerprint density at radius 3 is 2.45 bits per heavy atom. The van der Waals surface area contributed by atoms with Crippen LogP contribution in [0.3, 0.4) is 0 Å². The number of hydrogen-bond donors (Lipinski definition) is 1. The predicted octanol–water partition coefficient (Wildman–Crippen LogP) is 1.02. The van der Waals surface area contributed by atoms with Gasteiger partial charge in [-0.3, -0.25) is 9.59 Å². The zero-order valence-electron chi connectivity index (χ0n) is 13.3. The molecule has 0 aliphatic rings. The maximum atomic E-state index is 11.8. The summed E-state index contributed by atoms with van der Waals surface area (Å²) in [4.78, 5) is 24.8. The Hall–Kier alpha value is -2.57. The average molecular weight is 307 g/mol. The molecule has 2 amide bonds. The van der Waals surface area contributed by atoms with Crippen LogP contribution in [-0.4, -0.2) is 50.2 Å². The van der Waals surface area contributed by atoms with Crippen LogP contribution in [0.15, 0.2) is 23.3 Å². The van der Waals surface area contributed by atoms with Crippen LogP contribution in [0.2, 0.25) is 0 Å². The molecule has 120 valence electrons. The molecule has 0 spiro atoms. The van der Waals surface area contributed by atoms with Gasteiger partial charge in [-0.1, -0.05) is 0 Å². The molecule has 0 radical (unpaired) electrons. The Morgan fingerprint density at radius 2 is 1.91 bits per heavy atom. The minimum atomic E-state index is -0.771. The van der Waals surface area contributed by atoms with Crippen molar-refractivity contribution in [2.45, 2.75) is 13.8 Å². The van der Waals surface area contributed by atoms with Crippen molar-refractivity contribution in [3.63, 3.8) is 0 Å². The molecule has 22 heavy (non-hydrogen) atoms. The number of carbonyl (C=O) groups is 2. The molecule has 0 atom stereocenters. The second-order valence-corrected chi connectivity index (χ2v) is 4.28. The third-order valence-corrected chi connectivity index (χ3v) is 3.06. The zero-order valence-corrected chi connectivity index (χ0v) is 13.3. The van der Waals surface area contributed by atoms with E-state index in [4.69, 9.17) is 9.47 Å². The molecule has 0 aliphatic heterocycles. The highest BCUT2D eigenvalue weighted by Crippen LogP contribution is 2.22. The summed E-state index contributed by atoms with van der Waals surface area (Å²) in [6.07, 6.45) is 1.41. The van der Waals surface area contributed by atoms with Crippen LogP contribution < -0.4 is 14.9 Å². The maximum absolute atomic E-state index is 11.8. The smallest absolute Gasteiger partial charge is 0.329 e. The Bertz CT molecular complexity index is 554. The quantitative estimate of drug-likeness (QED) is 0.483. The van der Waals surface area contributed by atoms with E-state index in [2.05, 4.69) is 10.5 Å². The number of amides is 2. The molecule has 0 aromatic heterocycles. The van der Waals surface area contributed by atoms with Crippen molar-refractivity contribution in [1.29, 1.82) is 0 Å². The Labute approximate surface area is 129 Å². The van der Waals surface area contributed by atoms with Gasteiger partial charge in [-0.05, 0) is 26.0 Å². The van der Waals surface area contributed by atoms with E-state index in [0.29, 0.717) is 30.2 Å². The molecule has 0 heterocycles. The molecule has 0 saturated carbocycles.